The van der Waals surface area contributed by atoms with Crippen LogP contribution < -0.4 is 5.32 Å². The Bertz CT molecular complexity index is 289. The maximum atomic E-state index is 8.76. The molecule has 1 unspecified atom stereocenters. The molecule has 2 N–H and O–H groups in total. The first-order chi connectivity index (χ1) is 7.24. The molecule has 0 aliphatic heterocycles. The second kappa shape index (κ2) is 6.53. The lowest BCUT2D eigenvalue weighted by Gasteiger charge is -2.11. The van der Waals surface area contributed by atoms with E-state index >= 15 is 0 Å². The summed E-state index contributed by atoms with van der Waals surface area (Å²) in [5.74, 6) is 0.520. The molecular formula is C12H20N2O. The van der Waals surface area contributed by atoms with Gasteiger partial charge in [-0.15, -0.1) is 0 Å². The zero-order valence-electron chi connectivity index (χ0n) is 9.53. The highest BCUT2D eigenvalue weighted by atomic mass is 16.3. The highest BCUT2D eigenvalue weighted by Gasteiger charge is 2.01. The first-order valence-corrected chi connectivity index (χ1v) is 5.45. The average molecular weight is 208 g/mol. The molecule has 3 nitrogen and oxygen atoms in total. The summed E-state index contributed by atoms with van der Waals surface area (Å²) in [6.07, 6.45) is 4.57. The summed E-state index contributed by atoms with van der Waals surface area (Å²) in [5.41, 5.74) is 2.51. The molecule has 0 fully saturated rings. The minimum absolute atomic E-state index is 0.273. The van der Waals surface area contributed by atoms with Crippen LogP contribution in [0.1, 0.15) is 24.5 Å². The molecular weight excluding hydrogens is 188 g/mol. The van der Waals surface area contributed by atoms with E-state index in [4.69, 9.17) is 5.11 Å². The van der Waals surface area contributed by atoms with Crippen molar-refractivity contribution < 1.29 is 5.11 Å². The first-order valence-electron chi connectivity index (χ1n) is 5.45. The summed E-state index contributed by atoms with van der Waals surface area (Å²) in [4.78, 5) is 4.10. The standard InChI is InChI=1S/C12H20N2O/c1-10(4-6-15)7-14-9-12-8-13-5-3-11(12)2/h3,5,8,10,14-15H,4,6-7,9H2,1-2H3. The number of nitrogens with one attached hydrogen (secondary N) is 1. The number of hydrogen-bond donors (Lipinski definition) is 2. The van der Waals surface area contributed by atoms with Gasteiger partial charge in [-0.1, -0.05) is 6.92 Å². The van der Waals surface area contributed by atoms with Crippen LogP contribution >= 0.6 is 0 Å². The predicted octanol–water partition coefficient (Wildman–Crippen LogP) is 1.50. The normalized spacial score (nSPS) is 12.7. The molecule has 0 bridgehead atoms. The van der Waals surface area contributed by atoms with Crippen LogP contribution in [-0.4, -0.2) is 23.2 Å². The fourth-order valence-corrected chi connectivity index (χ4v) is 1.46. The first kappa shape index (κ1) is 12.1. The molecule has 84 valence electrons. The van der Waals surface area contributed by atoms with Gasteiger partial charge in [-0.25, -0.2) is 0 Å². The van der Waals surface area contributed by atoms with Crippen molar-refractivity contribution in [2.75, 3.05) is 13.2 Å². The highest BCUT2D eigenvalue weighted by Crippen LogP contribution is 2.05. The molecule has 1 rings (SSSR count). The molecule has 0 aliphatic rings. The number of nitrogens with zero attached hydrogens (tertiary/aromatic N) is 1. The zero-order valence-corrected chi connectivity index (χ0v) is 9.53. The van der Waals surface area contributed by atoms with Crippen molar-refractivity contribution in [3.8, 4) is 0 Å². The Labute approximate surface area is 91.5 Å². The Balaban J connectivity index is 2.29. The van der Waals surface area contributed by atoms with Crippen LogP contribution in [0.3, 0.4) is 0 Å². The van der Waals surface area contributed by atoms with Gasteiger partial charge < -0.3 is 10.4 Å². The van der Waals surface area contributed by atoms with Crippen molar-refractivity contribution in [2.45, 2.75) is 26.8 Å². The molecule has 1 heterocycles. The summed E-state index contributed by atoms with van der Waals surface area (Å²) in [7, 11) is 0. The van der Waals surface area contributed by atoms with Crippen LogP contribution in [0.15, 0.2) is 18.5 Å². The van der Waals surface area contributed by atoms with Crippen molar-refractivity contribution >= 4 is 0 Å². The number of aliphatic hydroxyl groups is 1. The smallest absolute Gasteiger partial charge is 0.0434 e. The van der Waals surface area contributed by atoms with Crippen molar-refractivity contribution in [1.82, 2.24) is 10.3 Å². The zero-order chi connectivity index (χ0) is 11.1. The number of aryl methyl sites for hydroxylation is 1. The van der Waals surface area contributed by atoms with Gasteiger partial charge >= 0.3 is 0 Å². The van der Waals surface area contributed by atoms with Crippen molar-refractivity contribution in [1.29, 1.82) is 0 Å². The quantitative estimate of drug-likeness (QED) is 0.744. The molecule has 0 saturated carbocycles. The Hall–Kier alpha value is -0.930. The lowest BCUT2D eigenvalue weighted by molar-refractivity contribution is 0.260. The van der Waals surface area contributed by atoms with Gasteiger partial charge in [0.1, 0.15) is 0 Å². The monoisotopic (exact) mass is 208 g/mol. The SMILES string of the molecule is Cc1ccncc1CNCC(C)CCO. The molecule has 0 saturated heterocycles. The number of aromatic nitrogens is 1. The van der Waals surface area contributed by atoms with Crippen LogP contribution in [0.2, 0.25) is 0 Å². The third-order valence-corrected chi connectivity index (χ3v) is 2.58. The fraction of sp³-hybridized carbons (Fsp3) is 0.583. The Morgan fingerprint density at radius 3 is 3.00 bits per heavy atom. The van der Waals surface area contributed by atoms with Crippen LogP contribution in [0, 0.1) is 12.8 Å². The lowest BCUT2D eigenvalue weighted by Crippen LogP contribution is -2.21. The fourth-order valence-electron chi connectivity index (χ4n) is 1.46. The van der Waals surface area contributed by atoms with Gasteiger partial charge in [-0.05, 0) is 43.0 Å². The van der Waals surface area contributed by atoms with Crippen LogP contribution in [-0.2, 0) is 6.54 Å². The molecule has 0 spiro atoms. The van der Waals surface area contributed by atoms with E-state index in [1.165, 1.54) is 11.1 Å². The second-order valence-electron chi connectivity index (χ2n) is 4.05. The molecule has 3 heteroatoms. The van der Waals surface area contributed by atoms with Gasteiger partial charge in [0.2, 0.25) is 0 Å². The summed E-state index contributed by atoms with van der Waals surface area (Å²) in [6.45, 7) is 6.30. The lowest BCUT2D eigenvalue weighted by atomic mass is 10.1. The van der Waals surface area contributed by atoms with E-state index in [0.29, 0.717) is 5.92 Å². The van der Waals surface area contributed by atoms with E-state index in [0.717, 1.165) is 19.5 Å². The highest BCUT2D eigenvalue weighted by molar-refractivity contribution is 5.20. The van der Waals surface area contributed by atoms with Gasteiger partial charge in [0.05, 0.1) is 0 Å². The summed E-state index contributed by atoms with van der Waals surface area (Å²) >= 11 is 0. The van der Waals surface area contributed by atoms with E-state index in [2.05, 4.69) is 24.1 Å². The largest absolute Gasteiger partial charge is 0.396 e. The Kier molecular flexibility index (Phi) is 5.29. The van der Waals surface area contributed by atoms with Crippen molar-refractivity contribution in [3.05, 3.63) is 29.6 Å². The second-order valence-corrected chi connectivity index (χ2v) is 4.05. The Morgan fingerprint density at radius 2 is 2.33 bits per heavy atom. The van der Waals surface area contributed by atoms with Gasteiger partial charge in [0.15, 0.2) is 0 Å². The van der Waals surface area contributed by atoms with Crippen LogP contribution in [0.25, 0.3) is 0 Å². The molecule has 0 amide bonds. The summed E-state index contributed by atoms with van der Waals surface area (Å²) < 4.78 is 0. The summed E-state index contributed by atoms with van der Waals surface area (Å²) in [6, 6.07) is 2.02. The van der Waals surface area contributed by atoms with Crippen LogP contribution in [0.5, 0.6) is 0 Å². The van der Waals surface area contributed by atoms with Crippen molar-refractivity contribution in [3.63, 3.8) is 0 Å². The van der Waals surface area contributed by atoms with Gasteiger partial charge in [0, 0.05) is 25.5 Å². The minimum atomic E-state index is 0.273. The minimum Gasteiger partial charge on any atom is -0.396 e. The third kappa shape index (κ3) is 4.40. The molecule has 0 aromatic carbocycles. The van der Waals surface area contributed by atoms with Gasteiger partial charge in [0.25, 0.3) is 0 Å². The topological polar surface area (TPSA) is 45.2 Å². The number of aliphatic hydroxyl groups excluding tert-OH is 1. The van der Waals surface area contributed by atoms with E-state index in [-0.39, 0.29) is 6.61 Å². The Morgan fingerprint density at radius 1 is 1.53 bits per heavy atom. The van der Waals surface area contributed by atoms with Gasteiger partial charge in [-0.2, -0.15) is 0 Å². The molecule has 15 heavy (non-hydrogen) atoms. The third-order valence-electron chi connectivity index (χ3n) is 2.58. The molecule has 0 radical (unpaired) electrons. The van der Waals surface area contributed by atoms with Crippen LogP contribution in [0.4, 0.5) is 0 Å². The molecule has 0 aliphatic carbocycles. The van der Waals surface area contributed by atoms with Gasteiger partial charge in [-0.3, -0.25) is 4.98 Å². The van der Waals surface area contributed by atoms with E-state index in [1.807, 2.05) is 18.5 Å². The summed E-state index contributed by atoms with van der Waals surface area (Å²) in [5, 5.41) is 12.1. The number of hydrogen-bond acceptors (Lipinski definition) is 3. The van der Waals surface area contributed by atoms with Crippen molar-refractivity contribution in [2.24, 2.45) is 5.92 Å². The molecule has 1 aromatic rings. The molecule has 1 atom stereocenters. The maximum Gasteiger partial charge on any atom is 0.0434 e. The number of rotatable bonds is 6. The molecule has 1 aromatic heterocycles. The number of pyridine rings is 1. The van der Waals surface area contributed by atoms with E-state index < -0.39 is 0 Å². The maximum absolute atomic E-state index is 8.76. The predicted molar refractivity (Wildman–Crippen MR) is 61.5 cm³/mol. The van der Waals surface area contributed by atoms with E-state index in [9.17, 15) is 0 Å². The van der Waals surface area contributed by atoms with E-state index in [1.54, 1.807) is 0 Å². The average Bonchev–Trinajstić information content (AvgIpc) is 2.21.